The molecule has 6 heteroatoms. The molecular weight excluding hydrogens is 420 g/mol. The molecule has 0 saturated carbocycles. The number of nitrogens with zero attached hydrogens (tertiary/aromatic N) is 1. The van der Waals surface area contributed by atoms with E-state index in [9.17, 15) is 4.79 Å². The van der Waals surface area contributed by atoms with Crippen LogP contribution in [0.4, 0.5) is 0 Å². The summed E-state index contributed by atoms with van der Waals surface area (Å²) in [6.45, 7) is 0.338. The highest BCUT2D eigenvalue weighted by molar-refractivity contribution is 9.10. The highest BCUT2D eigenvalue weighted by Gasteiger charge is 2.03. The van der Waals surface area contributed by atoms with Crippen molar-refractivity contribution in [1.82, 2.24) is 5.43 Å². The van der Waals surface area contributed by atoms with Gasteiger partial charge >= 0.3 is 0 Å². The minimum Gasteiger partial charge on any atom is -0.488 e. The Labute approximate surface area is 172 Å². The third-order valence-corrected chi connectivity index (χ3v) is 4.26. The van der Waals surface area contributed by atoms with Gasteiger partial charge in [-0.1, -0.05) is 58.4 Å². The number of rotatable bonds is 8. The van der Waals surface area contributed by atoms with Crippen molar-refractivity contribution in [1.29, 1.82) is 0 Å². The molecule has 3 aromatic carbocycles. The van der Waals surface area contributed by atoms with Crippen molar-refractivity contribution in [3.63, 3.8) is 0 Å². The van der Waals surface area contributed by atoms with Crippen LogP contribution in [0.25, 0.3) is 0 Å². The Balaban J connectivity index is 1.50. The summed E-state index contributed by atoms with van der Waals surface area (Å²) in [7, 11) is 0. The molecule has 0 radical (unpaired) electrons. The second kappa shape index (κ2) is 10.3. The Hall–Kier alpha value is -3.12. The van der Waals surface area contributed by atoms with Crippen LogP contribution in [0.15, 0.2) is 88.4 Å². The van der Waals surface area contributed by atoms with Gasteiger partial charge < -0.3 is 9.47 Å². The van der Waals surface area contributed by atoms with Gasteiger partial charge in [-0.3, -0.25) is 4.79 Å². The number of nitrogens with one attached hydrogen (secondary N) is 1. The van der Waals surface area contributed by atoms with Crippen molar-refractivity contribution in [2.45, 2.75) is 6.61 Å². The lowest BCUT2D eigenvalue weighted by Gasteiger charge is -2.09. The fourth-order valence-corrected chi connectivity index (χ4v) is 2.60. The highest BCUT2D eigenvalue weighted by atomic mass is 79.9. The number of halogens is 1. The summed E-state index contributed by atoms with van der Waals surface area (Å²) in [4.78, 5) is 11.9. The van der Waals surface area contributed by atoms with Gasteiger partial charge in [0.25, 0.3) is 5.91 Å². The molecule has 0 aliphatic carbocycles. The van der Waals surface area contributed by atoms with Gasteiger partial charge in [-0.2, -0.15) is 5.10 Å². The minimum absolute atomic E-state index is 0.120. The lowest BCUT2D eigenvalue weighted by atomic mass is 10.2. The minimum atomic E-state index is -0.346. The van der Waals surface area contributed by atoms with Crippen molar-refractivity contribution in [3.05, 3.63) is 94.5 Å². The number of hydrazone groups is 1. The number of para-hydroxylation sites is 1. The van der Waals surface area contributed by atoms with Gasteiger partial charge in [-0.05, 0) is 42.0 Å². The molecule has 0 fully saturated rings. The molecule has 0 unspecified atom stereocenters. The molecule has 0 aliphatic heterocycles. The third kappa shape index (κ3) is 6.25. The van der Waals surface area contributed by atoms with Crippen molar-refractivity contribution >= 4 is 28.1 Å². The molecule has 3 rings (SSSR count). The summed E-state index contributed by atoms with van der Waals surface area (Å²) in [6, 6.07) is 24.7. The topological polar surface area (TPSA) is 59.9 Å². The Morgan fingerprint density at radius 3 is 2.43 bits per heavy atom. The van der Waals surface area contributed by atoms with E-state index in [0.29, 0.717) is 18.1 Å². The van der Waals surface area contributed by atoms with Crippen LogP contribution in [0.3, 0.4) is 0 Å². The van der Waals surface area contributed by atoms with E-state index in [1.807, 2.05) is 66.7 Å². The van der Waals surface area contributed by atoms with Crippen LogP contribution >= 0.6 is 15.9 Å². The van der Waals surface area contributed by atoms with E-state index in [1.165, 1.54) is 0 Å². The first kappa shape index (κ1) is 19.6. The van der Waals surface area contributed by atoms with Crippen LogP contribution in [0, 0.1) is 0 Å². The van der Waals surface area contributed by atoms with Crippen molar-refractivity contribution in [2.24, 2.45) is 5.10 Å². The summed E-state index contributed by atoms with van der Waals surface area (Å²) in [5, 5.41) is 3.99. The fourth-order valence-electron chi connectivity index (χ4n) is 2.34. The van der Waals surface area contributed by atoms with Gasteiger partial charge in [0.05, 0.1) is 6.21 Å². The van der Waals surface area contributed by atoms with E-state index in [0.717, 1.165) is 15.6 Å². The number of ether oxygens (including phenoxy) is 2. The molecule has 0 aliphatic rings. The maximum atomic E-state index is 11.9. The van der Waals surface area contributed by atoms with Crippen LogP contribution in [0.1, 0.15) is 11.1 Å². The average Bonchev–Trinajstić information content (AvgIpc) is 2.73. The third-order valence-electron chi connectivity index (χ3n) is 3.73. The molecule has 5 nitrogen and oxygen atoms in total. The molecule has 3 aromatic rings. The first-order chi connectivity index (χ1) is 13.7. The number of carbonyl (C=O) groups excluding carboxylic acids is 1. The monoisotopic (exact) mass is 438 g/mol. The van der Waals surface area contributed by atoms with Crippen LogP contribution in [0.5, 0.6) is 11.5 Å². The first-order valence-corrected chi connectivity index (χ1v) is 9.46. The number of hydrogen-bond donors (Lipinski definition) is 1. The summed E-state index contributed by atoms with van der Waals surface area (Å²) < 4.78 is 12.2. The van der Waals surface area contributed by atoms with E-state index in [-0.39, 0.29) is 12.5 Å². The standard InChI is InChI=1S/C22H19BrN2O3/c23-19-10-12-20(13-11-19)27-16-22(26)25-24-14-18-8-4-5-9-21(18)28-15-17-6-2-1-3-7-17/h1-14H,15-16H2,(H,25,26). The lowest BCUT2D eigenvalue weighted by Crippen LogP contribution is -2.24. The number of amides is 1. The summed E-state index contributed by atoms with van der Waals surface area (Å²) >= 11 is 3.35. The van der Waals surface area contributed by atoms with Gasteiger partial charge in [-0.15, -0.1) is 0 Å². The van der Waals surface area contributed by atoms with Gasteiger partial charge in [0, 0.05) is 10.0 Å². The normalized spacial score (nSPS) is 10.6. The maximum absolute atomic E-state index is 11.9. The molecule has 0 bridgehead atoms. The summed E-state index contributed by atoms with van der Waals surface area (Å²) in [5.74, 6) is 0.958. The molecule has 0 spiro atoms. The number of carbonyl (C=O) groups is 1. The van der Waals surface area contributed by atoms with Gasteiger partial charge in [0.2, 0.25) is 0 Å². The molecule has 0 aromatic heterocycles. The SMILES string of the molecule is O=C(COc1ccc(Br)cc1)NN=Cc1ccccc1OCc1ccccc1. The van der Waals surface area contributed by atoms with E-state index in [4.69, 9.17) is 9.47 Å². The highest BCUT2D eigenvalue weighted by Crippen LogP contribution is 2.18. The van der Waals surface area contributed by atoms with Crippen LogP contribution in [0.2, 0.25) is 0 Å². The zero-order valence-electron chi connectivity index (χ0n) is 15.0. The molecule has 28 heavy (non-hydrogen) atoms. The zero-order valence-corrected chi connectivity index (χ0v) is 16.6. The van der Waals surface area contributed by atoms with E-state index >= 15 is 0 Å². The van der Waals surface area contributed by atoms with E-state index in [2.05, 4.69) is 26.5 Å². The second-order valence-electron chi connectivity index (χ2n) is 5.85. The molecule has 142 valence electrons. The first-order valence-electron chi connectivity index (χ1n) is 8.67. The summed E-state index contributed by atoms with van der Waals surface area (Å²) in [6.07, 6.45) is 1.55. The van der Waals surface area contributed by atoms with E-state index in [1.54, 1.807) is 18.3 Å². The van der Waals surface area contributed by atoms with Crippen molar-refractivity contribution in [2.75, 3.05) is 6.61 Å². The second-order valence-corrected chi connectivity index (χ2v) is 6.76. The predicted octanol–water partition coefficient (Wildman–Crippen LogP) is 4.56. The smallest absolute Gasteiger partial charge is 0.277 e. The van der Waals surface area contributed by atoms with Gasteiger partial charge in [-0.25, -0.2) is 5.43 Å². The van der Waals surface area contributed by atoms with Gasteiger partial charge in [0.1, 0.15) is 18.1 Å². The Kier molecular flexibility index (Phi) is 7.21. The van der Waals surface area contributed by atoms with Crippen LogP contribution in [-0.4, -0.2) is 18.7 Å². The number of benzene rings is 3. The summed E-state index contributed by atoms with van der Waals surface area (Å²) in [5.41, 5.74) is 4.30. The average molecular weight is 439 g/mol. The number of hydrogen-bond acceptors (Lipinski definition) is 4. The Morgan fingerprint density at radius 1 is 0.929 bits per heavy atom. The molecular formula is C22H19BrN2O3. The van der Waals surface area contributed by atoms with Crippen molar-refractivity contribution in [3.8, 4) is 11.5 Å². The fraction of sp³-hybridized carbons (Fsp3) is 0.0909. The van der Waals surface area contributed by atoms with Crippen LogP contribution < -0.4 is 14.9 Å². The molecule has 1 amide bonds. The molecule has 1 N–H and O–H groups in total. The van der Waals surface area contributed by atoms with Crippen LogP contribution in [-0.2, 0) is 11.4 Å². The van der Waals surface area contributed by atoms with Gasteiger partial charge in [0.15, 0.2) is 6.61 Å². The van der Waals surface area contributed by atoms with Crippen molar-refractivity contribution < 1.29 is 14.3 Å². The lowest BCUT2D eigenvalue weighted by molar-refractivity contribution is -0.123. The molecule has 0 heterocycles. The predicted molar refractivity (Wildman–Crippen MR) is 113 cm³/mol. The molecule has 0 saturated heterocycles. The zero-order chi connectivity index (χ0) is 19.6. The largest absolute Gasteiger partial charge is 0.488 e. The quantitative estimate of drug-likeness (QED) is 0.414. The maximum Gasteiger partial charge on any atom is 0.277 e. The Morgan fingerprint density at radius 2 is 1.64 bits per heavy atom. The Bertz CT molecular complexity index is 928. The van der Waals surface area contributed by atoms with E-state index < -0.39 is 0 Å². The molecule has 0 atom stereocenters.